The van der Waals surface area contributed by atoms with Gasteiger partial charge in [-0.3, -0.25) is 4.79 Å². The third kappa shape index (κ3) is 5.29. The highest BCUT2D eigenvalue weighted by atomic mass is 19.1. The Balaban J connectivity index is 1.68. The Hall–Kier alpha value is -2.56. The van der Waals surface area contributed by atoms with Crippen molar-refractivity contribution >= 4 is 11.6 Å². The van der Waals surface area contributed by atoms with Crippen LogP contribution in [-0.4, -0.2) is 26.1 Å². The number of rotatable bonds is 8. The third-order valence-corrected chi connectivity index (χ3v) is 3.45. The predicted octanol–water partition coefficient (Wildman–Crippen LogP) is 3.00. The van der Waals surface area contributed by atoms with Crippen LogP contribution in [-0.2, 0) is 11.2 Å². The summed E-state index contributed by atoms with van der Waals surface area (Å²) in [5.74, 6) is 0.441. The Morgan fingerprint density at radius 2 is 1.83 bits per heavy atom. The van der Waals surface area contributed by atoms with Crippen LogP contribution < -0.4 is 15.4 Å². The molecule has 122 valence electrons. The zero-order valence-corrected chi connectivity index (χ0v) is 13.1. The molecule has 0 atom stereocenters. The van der Waals surface area contributed by atoms with Gasteiger partial charge in [-0.1, -0.05) is 30.3 Å². The molecule has 0 aromatic heterocycles. The van der Waals surface area contributed by atoms with Gasteiger partial charge in [0.05, 0.1) is 12.8 Å². The van der Waals surface area contributed by atoms with E-state index in [0.717, 1.165) is 11.3 Å². The maximum Gasteiger partial charge on any atom is 0.221 e. The molecule has 0 fully saturated rings. The van der Waals surface area contributed by atoms with E-state index in [2.05, 4.69) is 10.6 Å². The first kappa shape index (κ1) is 16.8. The second-order valence-corrected chi connectivity index (χ2v) is 5.07. The fourth-order valence-corrected chi connectivity index (χ4v) is 2.25. The monoisotopic (exact) mass is 316 g/mol. The molecule has 2 N–H and O–H groups in total. The number of amides is 1. The first-order chi connectivity index (χ1) is 11.2. The average Bonchev–Trinajstić information content (AvgIpc) is 2.57. The fraction of sp³-hybridized carbons (Fsp3) is 0.278. The number of anilines is 1. The first-order valence-electron chi connectivity index (χ1n) is 7.57. The van der Waals surface area contributed by atoms with Gasteiger partial charge in [0.15, 0.2) is 0 Å². The highest BCUT2D eigenvalue weighted by molar-refractivity contribution is 5.76. The van der Waals surface area contributed by atoms with Gasteiger partial charge in [0.25, 0.3) is 0 Å². The summed E-state index contributed by atoms with van der Waals surface area (Å²) >= 11 is 0. The van der Waals surface area contributed by atoms with Gasteiger partial charge in [-0.05, 0) is 30.2 Å². The van der Waals surface area contributed by atoms with Crippen LogP contribution in [0.4, 0.5) is 10.1 Å². The van der Waals surface area contributed by atoms with E-state index in [1.165, 1.54) is 6.07 Å². The van der Waals surface area contributed by atoms with Gasteiger partial charge in [0.2, 0.25) is 5.91 Å². The molecule has 0 aliphatic heterocycles. The van der Waals surface area contributed by atoms with Crippen molar-refractivity contribution in [2.24, 2.45) is 0 Å². The number of methoxy groups -OCH3 is 1. The van der Waals surface area contributed by atoms with E-state index in [0.29, 0.717) is 31.6 Å². The lowest BCUT2D eigenvalue weighted by Gasteiger charge is -2.10. The molecule has 0 heterocycles. The molecule has 0 bridgehead atoms. The van der Waals surface area contributed by atoms with Crippen molar-refractivity contribution in [3.05, 3.63) is 59.9 Å². The number of carbonyl (C=O) groups excluding carboxylic acids is 1. The first-order valence-corrected chi connectivity index (χ1v) is 7.57. The molecule has 1 amide bonds. The molecule has 0 aliphatic rings. The van der Waals surface area contributed by atoms with Gasteiger partial charge >= 0.3 is 0 Å². The zero-order chi connectivity index (χ0) is 16.5. The van der Waals surface area contributed by atoms with Crippen molar-refractivity contribution < 1.29 is 13.9 Å². The molecule has 0 radical (unpaired) electrons. The molecule has 2 aromatic rings. The van der Waals surface area contributed by atoms with Crippen molar-refractivity contribution in [3.8, 4) is 5.75 Å². The van der Waals surface area contributed by atoms with Gasteiger partial charge < -0.3 is 15.4 Å². The predicted molar refractivity (Wildman–Crippen MR) is 89.2 cm³/mol. The number of nitrogens with one attached hydrogen (secondary N) is 2. The summed E-state index contributed by atoms with van der Waals surface area (Å²) in [5, 5.41) is 5.77. The van der Waals surface area contributed by atoms with E-state index in [1.54, 1.807) is 25.3 Å². The standard InChI is InChI=1S/C18H21FN2O2/c1-23-17-9-5-2-6-14(17)10-12-21-18(22)11-13-20-16-8-4-3-7-15(16)19/h2-9,20H,10-13H2,1H3,(H,21,22). The number of carbonyl (C=O) groups is 1. The summed E-state index contributed by atoms with van der Waals surface area (Å²) in [6.45, 7) is 0.931. The second kappa shape index (κ2) is 8.78. The Morgan fingerprint density at radius 1 is 1.09 bits per heavy atom. The Kier molecular flexibility index (Phi) is 6.41. The van der Waals surface area contributed by atoms with E-state index in [-0.39, 0.29) is 11.7 Å². The summed E-state index contributed by atoms with van der Waals surface area (Å²) < 4.78 is 18.7. The lowest BCUT2D eigenvalue weighted by molar-refractivity contribution is -0.120. The highest BCUT2D eigenvalue weighted by Gasteiger charge is 2.05. The van der Waals surface area contributed by atoms with E-state index in [9.17, 15) is 9.18 Å². The molecular formula is C18H21FN2O2. The number of benzene rings is 2. The van der Waals surface area contributed by atoms with E-state index in [1.807, 2.05) is 24.3 Å². The van der Waals surface area contributed by atoms with Crippen LogP contribution in [0.2, 0.25) is 0 Å². The fourth-order valence-electron chi connectivity index (χ4n) is 2.25. The molecule has 4 nitrogen and oxygen atoms in total. The number of hydrogen-bond donors (Lipinski definition) is 2. The van der Waals surface area contributed by atoms with Crippen molar-refractivity contribution in [3.63, 3.8) is 0 Å². The summed E-state index contributed by atoms with van der Waals surface area (Å²) in [4.78, 5) is 11.8. The van der Waals surface area contributed by atoms with Gasteiger partial charge in [-0.25, -0.2) is 4.39 Å². The lowest BCUT2D eigenvalue weighted by atomic mass is 10.1. The van der Waals surface area contributed by atoms with Crippen molar-refractivity contribution in [1.82, 2.24) is 5.32 Å². The summed E-state index contributed by atoms with van der Waals surface area (Å²) in [6, 6.07) is 14.1. The maximum atomic E-state index is 13.4. The molecule has 2 rings (SSSR count). The summed E-state index contributed by atoms with van der Waals surface area (Å²) in [7, 11) is 1.63. The minimum Gasteiger partial charge on any atom is -0.496 e. The Morgan fingerprint density at radius 3 is 2.61 bits per heavy atom. The molecule has 0 saturated heterocycles. The third-order valence-electron chi connectivity index (χ3n) is 3.45. The lowest BCUT2D eigenvalue weighted by Crippen LogP contribution is -2.27. The number of ether oxygens (including phenoxy) is 1. The van der Waals surface area contributed by atoms with Crippen molar-refractivity contribution in [2.45, 2.75) is 12.8 Å². The zero-order valence-electron chi connectivity index (χ0n) is 13.1. The van der Waals surface area contributed by atoms with E-state index in [4.69, 9.17) is 4.74 Å². The average molecular weight is 316 g/mol. The van der Waals surface area contributed by atoms with Crippen LogP contribution in [0.15, 0.2) is 48.5 Å². The van der Waals surface area contributed by atoms with E-state index >= 15 is 0 Å². The topological polar surface area (TPSA) is 50.4 Å². The summed E-state index contributed by atoms with van der Waals surface area (Å²) in [5.41, 5.74) is 1.47. The van der Waals surface area contributed by atoms with Crippen LogP contribution in [0.1, 0.15) is 12.0 Å². The molecule has 0 aliphatic carbocycles. The number of hydrogen-bond acceptors (Lipinski definition) is 3. The van der Waals surface area contributed by atoms with Gasteiger partial charge in [-0.15, -0.1) is 0 Å². The molecule has 0 spiro atoms. The van der Waals surface area contributed by atoms with E-state index < -0.39 is 0 Å². The quantitative estimate of drug-likeness (QED) is 0.787. The van der Waals surface area contributed by atoms with Crippen molar-refractivity contribution in [2.75, 3.05) is 25.5 Å². The molecular weight excluding hydrogens is 295 g/mol. The van der Waals surface area contributed by atoms with Crippen molar-refractivity contribution in [1.29, 1.82) is 0 Å². The Labute approximate surface area is 135 Å². The Bertz CT molecular complexity index is 646. The minimum absolute atomic E-state index is 0.0660. The maximum absolute atomic E-state index is 13.4. The highest BCUT2D eigenvalue weighted by Crippen LogP contribution is 2.17. The van der Waals surface area contributed by atoms with Crippen LogP contribution in [0.3, 0.4) is 0 Å². The van der Waals surface area contributed by atoms with Gasteiger partial charge in [0.1, 0.15) is 11.6 Å². The van der Waals surface area contributed by atoms with Gasteiger partial charge in [0, 0.05) is 19.5 Å². The largest absolute Gasteiger partial charge is 0.496 e. The number of halogens is 1. The smallest absolute Gasteiger partial charge is 0.221 e. The normalized spacial score (nSPS) is 10.2. The van der Waals surface area contributed by atoms with Gasteiger partial charge in [-0.2, -0.15) is 0 Å². The van der Waals surface area contributed by atoms with Crippen LogP contribution >= 0.6 is 0 Å². The molecule has 23 heavy (non-hydrogen) atoms. The molecule has 5 heteroatoms. The molecule has 2 aromatic carbocycles. The van der Waals surface area contributed by atoms with Crippen LogP contribution in [0.25, 0.3) is 0 Å². The SMILES string of the molecule is COc1ccccc1CCNC(=O)CCNc1ccccc1F. The minimum atomic E-state index is -0.316. The van der Waals surface area contributed by atoms with Crippen LogP contribution in [0.5, 0.6) is 5.75 Å². The molecule has 0 saturated carbocycles. The number of para-hydroxylation sites is 2. The second-order valence-electron chi connectivity index (χ2n) is 5.07. The molecule has 0 unspecified atom stereocenters. The summed E-state index contributed by atoms with van der Waals surface area (Å²) in [6.07, 6.45) is 0.997. The van der Waals surface area contributed by atoms with Crippen LogP contribution in [0, 0.1) is 5.82 Å².